The van der Waals surface area contributed by atoms with E-state index in [1.165, 1.54) is 37.3 Å². The number of benzene rings is 3. The molecule has 0 aliphatic heterocycles. The van der Waals surface area contributed by atoms with Gasteiger partial charge in [0.1, 0.15) is 12.6 Å². The molecule has 0 bridgehead atoms. The summed E-state index contributed by atoms with van der Waals surface area (Å²) in [6.07, 6.45) is 0.334. The molecule has 0 aliphatic rings. The second-order valence-electron chi connectivity index (χ2n) is 11.5. The van der Waals surface area contributed by atoms with E-state index in [2.05, 4.69) is 5.32 Å². The molecule has 1 N–H and O–H groups in total. The van der Waals surface area contributed by atoms with Crippen molar-refractivity contribution in [1.82, 2.24) is 10.2 Å². The average molecular weight is 610 g/mol. The first-order valence-electron chi connectivity index (χ1n) is 14.2. The summed E-state index contributed by atoms with van der Waals surface area (Å²) in [4.78, 5) is 29.3. The summed E-state index contributed by atoms with van der Waals surface area (Å²) in [7, 11) is -1.28. The highest BCUT2D eigenvalue weighted by atomic mass is 32.2. The van der Waals surface area contributed by atoms with Crippen molar-refractivity contribution < 1.29 is 27.5 Å². The van der Waals surface area contributed by atoms with Gasteiger partial charge >= 0.3 is 0 Å². The van der Waals surface area contributed by atoms with Crippen molar-refractivity contribution >= 4 is 27.5 Å². The van der Waals surface area contributed by atoms with Gasteiger partial charge in [0.05, 0.1) is 24.8 Å². The number of aryl methyl sites for hydroxylation is 2. The second-order valence-corrected chi connectivity index (χ2v) is 13.4. The summed E-state index contributed by atoms with van der Waals surface area (Å²) < 4.78 is 40.1. The van der Waals surface area contributed by atoms with E-state index < -0.39 is 34.1 Å². The Balaban J connectivity index is 2.13. The summed E-state index contributed by atoms with van der Waals surface area (Å²) in [5.74, 6) is -0.113. The van der Waals surface area contributed by atoms with E-state index in [0.717, 1.165) is 21.0 Å². The maximum absolute atomic E-state index is 14.3. The Bertz CT molecular complexity index is 1530. The molecule has 0 radical (unpaired) electrons. The number of hydrogen-bond acceptors (Lipinski definition) is 6. The zero-order chi connectivity index (χ0) is 31.9. The maximum atomic E-state index is 14.3. The van der Waals surface area contributed by atoms with Crippen LogP contribution in [0.1, 0.15) is 50.8 Å². The number of methoxy groups -OCH3 is 2. The van der Waals surface area contributed by atoms with Gasteiger partial charge < -0.3 is 19.7 Å². The normalized spacial score (nSPS) is 12.3. The number of hydrogen-bond donors (Lipinski definition) is 1. The van der Waals surface area contributed by atoms with Gasteiger partial charge in [-0.2, -0.15) is 0 Å². The molecule has 0 spiro atoms. The fourth-order valence-corrected chi connectivity index (χ4v) is 6.13. The van der Waals surface area contributed by atoms with Gasteiger partial charge in [-0.15, -0.1) is 0 Å². The van der Waals surface area contributed by atoms with Crippen LogP contribution in [0.3, 0.4) is 0 Å². The van der Waals surface area contributed by atoms with Crippen molar-refractivity contribution in [2.75, 3.05) is 25.1 Å². The van der Waals surface area contributed by atoms with Gasteiger partial charge in [0.15, 0.2) is 11.5 Å². The molecule has 10 heteroatoms. The van der Waals surface area contributed by atoms with Crippen molar-refractivity contribution in [3.05, 3.63) is 83.4 Å². The highest BCUT2D eigenvalue weighted by Gasteiger charge is 2.35. The van der Waals surface area contributed by atoms with E-state index in [0.29, 0.717) is 17.9 Å². The molecule has 2 amide bonds. The van der Waals surface area contributed by atoms with Crippen molar-refractivity contribution in [3.8, 4) is 11.5 Å². The van der Waals surface area contributed by atoms with Gasteiger partial charge in [0, 0.05) is 18.2 Å². The standard InChI is InChI=1S/C33H43N3O6S/c1-9-28(32(38)34-33(4,5)6)35(21-25-12-10-11-24(3)19-25)31(37)22-36(26-15-18-29(41-7)30(20-26)42-8)43(39,40)27-16-13-23(2)14-17-27/h10-20,28H,9,21-22H2,1-8H3,(H,34,38)/t28-/m1/s1. The number of carbonyl (C=O) groups excluding carboxylic acids is 2. The number of nitrogens with zero attached hydrogens (tertiary/aromatic N) is 2. The topological polar surface area (TPSA) is 105 Å². The molecule has 3 rings (SSSR count). The van der Waals surface area contributed by atoms with Crippen LogP contribution in [0, 0.1) is 13.8 Å². The van der Waals surface area contributed by atoms with Crippen molar-refractivity contribution in [2.45, 2.75) is 71.0 Å². The van der Waals surface area contributed by atoms with Crippen LogP contribution < -0.4 is 19.1 Å². The van der Waals surface area contributed by atoms with Gasteiger partial charge in [0.25, 0.3) is 10.0 Å². The zero-order valence-corrected chi connectivity index (χ0v) is 27.1. The van der Waals surface area contributed by atoms with E-state index in [1.54, 1.807) is 24.3 Å². The third kappa shape index (κ3) is 8.50. The molecule has 3 aromatic carbocycles. The van der Waals surface area contributed by atoms with Crippen molar-refractivity contribution in [1.29, 1.82) is 0 Å². The Morgan fingerprint density at radius 2 is 1.53 bits per heavy atom. The third-order valence-electron chi connectivity index (χ3n) is 6.86. The average Bonchev–Trinajstić information content (AvgIpc) is 2.94. The third-order valence-corrected chi connectivity index (χ3v) is 8.65. The molecular weight excluding hydrogens is 566 g/mol. The first kappa shape index (κ1) is 33.5. The number of sulfonamides is 1. The highest BCUT2D eigenvalue weighted by molar-refractivity contribution is 7.92. The van der Waals surface area contributed by atoms with E-state index in [4.69, 9.17) is 9.47 Å². The number of rotatable bonds is 12. The first-order valence-corrected chi connectivity index (χ1v) is 15.6. The van der Waals surface area contributed by atoms with Gasteiger partial charge in [-0.1, -0.05) is 54.4 Å². The highest BCUT2D eigenvalue weighted by Crippen LogP contribution is 2.34. The molecule has 3 aromatic rings. The van der Waals surface area contributed by atoms with Gasteiger partial charge in [-0.3, -0.25) is 13.9 Å². The molecule has 1 atom stereocenters. The number of anilines is 1. The first-order chi connectivity index (χ1) is 20.2. The number of nitrogens with one attached hydrogen (secondary N) is 1. The van der Waals surface area contributed by atoms with Crippen LogP contribution in [0.25, 0.3) is 0 Å². The minimum absolute atomic E-state index is 0.0310. The molecule has 0 fully saturated rings. The minimum atomic E-state index is -4.22. The van der Waals surface area contributed by atoms with Crippen LogP contribution in [0.5, 0.6) is 11.5 Å². The van der Waals surface area contributed by atoms with Crippen LogP contribution in [-0.2, 0) is 26.2 Å². The predicted molar refractivity (Wildman–Crippen MR) is 169 cm³/mol. The molecule has 0 heterocycles. The van der Waals surface area contributed by atoms with E-state index in [9.17, 15) is 18.0 Å². The molecule has 0 saturated heterocycles. The van der Waals surface area contributed by atoms with Crippen LogP contribution in [-0.4, -0.2) is 57.5 Å². The Morgan fingerprint density at radius 1 is 0.884 bits per heavy atom. The lowest BCUT2D eigenvalue weighted by molar-refractivity contribution is -0.141. The predicted octanol–water partition coefficient (Wildman–Crippen LogP) is 5.24. The fourth-order valence-electron chi connectivity index (χ4n) is 4.73. The van der Waals surface area contributed by atoms with Gasteiger partial charge in [-0.25, -0.2) is 8.42 Å². The van der Waals surface area contributed by atoms with Crippen LogP contribution in [0.15, 0.2) is 71.6 Å². The van der Waals surface area contributed by atoms with Crippen molar-refractivity contribution in [2.24, 2.45) is 0 Å². The molecule has 0 saturated carbocycles. The minimum Gasteiger partial charge on any atom is -0.493 e. The van der Waals surface area contributed by atoms with E-state index in [1.807, 2.05) is 65.8 Å². The summed E-state index contributed by atoms with van der Waals surface area (Å²) in [5, 5.41) is 2.98. The molecule has 232 valence electrons. The van der Waals surface area contributed by atoms with E-state index >= 15 is 0 Å². The molecule has 0 aliphatic carbocycles. The Labute approximate surface area is 255 Å². The number of amides is 2. The smallest absolute Gasteiger partial charge is 0.264 e. The fraction of sp³-hybridized carbons (Fsp3) is 0.394. The molecule has 0 aromatic heterocycles. The SMILES string of the molecule is CC[C@H](C(=O)NC(C)(C)C)N(Cc1cccc(C)c1)C(=O)CN(c1ccc(OC)c(OC)c1)S(=O)(=O)c1ccc(C)cc1. The molecule has 9 nitrogen and oxygen atoms in total. The second kappa shape index (κ2) is 13.9. The summed E-state index contributed by atoms with van der Waals surface area (Å²) in [6, 6.07) is 18.0. The monoisotopic (exact) mass is 609 g/mol. The van der Waals surface area contributed by atoms with Gasteiger partial charge in [0.2, 0.25) is 11.8 Å². The summed E-state index contributed by atoms with van der Waals surface area (Å²) >= 11 is 0. The lowest BCUT2D eigenvalue weighted by Gasteiger charge is -2.35. The molecular formula is C33H43N3O6S. The Hall–Kier alpha value is -4.05. The molecule has 43 heavy (non-hydrogen) atoms. The van der Waals surface area contributed by atoms with Crippen LogP contribution in [0.2, 0.25) is 0 Å². The zero-order valence-electron chi connectivity index (χ0n) is 26.3. The van der Waals surface area contributed by atoms with E-state index in [-0.39, 0.29) is 23.0 Å². The lowest BCUT2D eigenvalue weighted by atomic mass is 10.0. The van der Waals surface area contributed by atoms with Gasteiger partial charge in [-0.05, 0) is 70.9 Å². The number of ether oxygens (including phenoxy) is 2. The Kier molecular flexibility index (Phi) is 10.9. The quantitative estimate of drug-likeness (QED) is 0.301. The summed E-state index contributed by atoms with van der Waals surface area (Å²) in [6.45, 7) is 10.8. The largest absolute Gasteiger partial charge is 0.493 e. The number of carbonyl (C=O) groups is 2. The summed E-state index contributed by atoms with van der Waals surface area (Å²) in [5.41, 5.74) is 2.42. The maximum Gasteiger partial charge on any atom is 0.264 e. The van der Waals surface area contributed by atoms with Crippen LogP contribution >= 0.6 is 0 Å². The lowest BCUT2D eigenvalue weighted by Crippen LogP contribution is -2.55. The molecule has 0 unspecified atom stereocenters. The Morgan fingerprint density at radius 3 is 2.09 bits per heavy atom. The van der Waals surface area contributed by atoms with Crippen molar-refractivity contribution in [3.63, 3.8) is 0 Å². The van der Waals surface area contributed by atoms with Crippen LogP contribution in [0.4, 0.5) is 5.69 Å².